The maximum atomic E-state index is 5.84. The molecule has 19 heavy (non-hydrogen) atoms. The number of halogens is 1. The van der Waals surface area contributed by atoms with E-state index in [0.717, 1.165) is 17.8 Å². The van der Waals surface area contributed by atoms with E-state index in [4.69, 9.17) is 11.6 Å². The molecule has 0 aliphatic heterocycles. The van der Waals surface area contributed by atoms with E-state index in [1.807, 2.05) is 31.8 Å². The fourth-order valence-electron chi connectivity index (χ4n) is 1.56. The van der Waals surface area contributed by atoms with Gasteiger partial charge in [-0.15, -0.1) is 0 Å². The Morgan fingerprint density at radius 2 is 1.89 bits per heavy atom. The minimum absolute atomic E-state index is 0.163. The third-order valence-electron chi connectivity index (χ3n) is 2.72. The molecule has 0 fully saturated rings. The lowest BCUT2D eigenvalue weighted by molar-refractivity contribution is 0.738. The molecule has 2 heterocycles. The maximum absolute atomic E-state index is 5.84. The highest BCUT2D eigenvalue weighted by Gasteiger charge is 2.07. The molecule has 0 radical (unpaired) electrons. The second-order valence-corrected chi connectivity index (χ2v) is 4.35. The van der Waals surface area contributed by atoms with E-state index in [9.17, 15) is 0 Å². The SMILES string of the molecule is CCNc1nc(Cl)nc(NCc2cnn(C)c2C)n1. The molecular formula is C11H16ClN7. The standard InChI is InChI=1S/C11H16ClN7/c1-4-13-10-16-9(12)17-11(18-10)14-5-8-6-15-19(3)7(8)2/h6H,4-5H2,1-3H3,(H2,13,14,16,17,18). The maximum Gasteiger partial charge on any atom is 0.229 e. The van der Waals surface area contributed by atoms with E-state index >= 15 is 0 Å². The highest BCUT2D eigenvalue weighted by molar-refractivity contribution is 6.28. The predicted octanol–water partition coefficient (Wildman–Crippen LogP) is 1.61. The van der Waals surface area contributed by atoms with Crippen LogP contribution in [0, 0.1) is 6.92 Å². The van der Waals surface area contributed by atoms with Gasteiger partial charge in [-0.3, -0.25) is 4.68 Å². The van der Waals surface area contributed by atoms with E-state index in [1.54, 1.807) is 0 Å². The van der Waals surface area contributed by atoms with Crippen molar-refractivity contribution in [2.45, 2.75) is 20.4 Å². The summed E-state index contributed by atoms with van der Waals surface area (Å²) in [5, 5.41) is 10.5. The van der Waals surface area contributed by atoms with Crippen LogP contribution >= 0.6 is 11.6 Å². The number of hydrogen-bond donors (Lipinski definition) is 2. The minimum Gasteiger partial charge on any atom is -0.354 e. The minimum atomic E-state index is 0.163. The van der Waals surface area contributed by atoms with Crippen LogP contribution in [-0.4, -0.2) is 31.3 Å². The summed E-state index contributed by atoms with van der Waals surface area (Å²) in [6.45, 7) is 5.28. The molecule has 102 valence electrons. The Hall–Kier alpha value is -1.89. The molecule has 0 aromatic carbocycles. The van der Waals surface area contributed by atoms with Crippen LogP contribution in [0.15, 0.2) is 6.20 Å². The Kier molecular flexibility index (Phi) is 4.16. The molecule has 0 atom stereocenters. The first kappa shape index (κ1) is 13.5. The van der Waals surface area contributed by atoms with Gasteiger partial charge in [0.25, 0.3) is 0 Å². The van der Waals surface area contributed by atoms with E-state index < -0.39 is 0 Å². The number of hydrogen-bond acceptors (Lipinski definition) is 6. The molecule has 0 bridgehead atoms. The monoisotopic (exact) mass is 281 g/mol. The van der Waals surface area contributed by atoms with Crippen molar-refractivity contribution in [3.8, 4) is 0 Å². The van der Waals surface area contributed by atoms with Crippen molar-refractivity contribution < 1.29 is 0 Å². The van der Waals surface area contributed by atoms with Gasteiger partial charge >= 0.3 is 0 Å². The average Bonchev–Trinajstić information content (AvgIpc) is 2.67. The summed E-state index contributed by atoms with van der Waals surface area (Å²) in [6, 6.07) is 0. The van der Waals surface area contributed by atoms with Gasteiger partial charge in [0.2, 0.25) is 17.2 Å². The largest absolute Gasteiger partial charge is 0.354 e. The van der Waals surface area contributed by atoms with E-state index in [2.05, 4.69) is 30.7 Å². The Labute approximate surface area is 116 Å². The first-order valence-electron chi connectivity index (χ1n) is 5.97. The van der Waals surface area contributed by atoms with Crippen LogP contribution in [-0.2, 0) is 13.6 Å². The molecule has 0 aliphatic rings. The second kappa shape index (κ2) is 5.83. The lowest BCUT2D eigenvalue weighted by Gasteiger charge is -2.07. The second-order valence-electron chi connectivity index (χ2n) is 4.01. The Bertz CT molecular complexity index is 566. The van der Waals surface area contributed by atoms with Gasteiger partial charge < -0.3 is 10.6 Å². The molecular weight excluding hydrogens is 266 g/mol. The molecule has 0 saturated heterocycles. The smallest absolute Gasteiger partial charge is 0.229 e. The average molecular weight is 282 g/mol. The van der Waals surface area contributed by atoms with Gasteiger partial charge in [-0.25, -0.2) is 0 Å². The Morgan fingerprint density at radius 3 is 2.47 bits per heavy atom. The first-order valence-corrected chi connectivity index (χ1v) is 6.34. The molecule has 2 N–H and O–H groups in total. The third-order valence-corrected chi connectivity index (χ3v) is 2.89. The van der Waals surface area contributed by atoms with Crippen LogP contribution < -0.4 is 10.6 Å². The summed E-state index contributed by atoms with van der Waals surface area (Å²) in [5.41, 5.74) is 2.18. The van der Waals surface area contributed by atoms with Gasteiger partial charge in [0, 0.05) is 31.4 Å². The zero-order valence-electron chi connectivity index (χ0n) is 11.1. The van der Waals surface area contributed by atoms with Gasteiger partial charge in [0.05, 0.1) is 6.20 Å². The zero-order valence-corrected chi connectivity index (χ0v) is 11.9. The van der Waals surface area contributed by atoms with E-state index in [1.165, 1.54) is 0 Å². The Balaban J connectivity index is 2.08. The van der Waals surface area contributed by atoms with Crippen LogP contribution in [0.5, 0.6) is 0 Å². The summed E-state index contributed by atoms with van der Waals surface area (Å²) < 4.78 is 1.82. The quantitative estimate of drug-likeness (QED) is 0.867. The number of aromatic nitrogens is 5. The van der Waals surface area contributed by atoms with Crippen LogP contribution in [0.2, 0.25) is 5.28 Å². The molecule has 0 spiro atoms. The van der Waals surface area contributed by atoms with Gasteiger partial charge in [-0.1, -0.05) is 0 Å². The number of aryl methyl sites for hydroxylation is 1. The molecule has 2 aromatic heterocycles. The fraction of sp³-hybridized carbons (Fsp3) is 0.455. The Morgan fingerprint density at radius 1 is 1.21 bits per heavy atom. The molecule has 0 unspecified atom stereocenters. The van der Waals surface area contributed by atoms with Gasteiger partial charge in [0.1, 0.15) is 0 Å². The van der Waals surface area contributed by atoms with Crippen molar-refractivity contribution in [3.63, 3.8) is 0 Å². The highest BCUT2D eigenvalue weighted by Crippen LogP contribution is 2.12. The summed E-state index contributed by atoms with van der Waals surface area (Å²) in [7, 11) is 1.90. The normalized spacial score (nSPS) is 10.5. The topological polar surface area (TPSA) is 80.5 Å². The number of anilines is 2. The van der Waals surface area contributed by atoms with Gasteiger partial charge in [0.15, 0.2) is 0 Å². The molecule has 0 saturated carbocycles. The predicted molar refractivity (Wildman–Crippen MR) is 74.3 cm³/mol. The number of nitrogens with one attached hydrogen (secondary N) is 2. The summed E-state index contributed by atoms with van der Waals surface area (Å²) >= 11 is 5.84. The molecule has 0 amide bonds. The van der Waals surface area contributed by atoms with Crippen molar-refractivity contribution in [2.75, 3.05) is 17.2 Å². The first-order chi connectivity index (χ1) is 9.10. The fourth-order valence-corrected chi connectivity index (χ4v) is 1.72. The molecule has 2 aromatic rings. The highest BCUT2D eigenvalue weighted by atomic mass is 35.5. The van der Waals surface area contributed by atoms with E-state index in [-0.39, 0.29) is 5.28 Å². The lowest BCUT2D eigenvalue weighted by Crippen LogP contribution is -2.09. The van der Waals surface area contributed by atoms with Crippen molar-refractivity contribution in [2.24, 2.45) is 7.05 Å². The number of rotatable bonds is 5. The van der Waals surface area contributed by atoms with Crippen molar-refractivity contribution in [1.29, 1.82) is 0 Å². The molecule has 7 nitrogen and oxygen atoms in total. The molecule has 2 rings (SSSR count). The van der Waals surface area contributed by atoms with Crippen molar-refractivity contribution in [3.05, 3.63) is 22.7 Å². The lowest BCUT2D eigenvalue weighted by atomic mass is 10.2. The summed E-state index contributed by atoms with van der Waals surface area (Å²) in [5.74, 6) is 0.909. The zero-order chi connectivity index (χ0) is 13.8. The van der Waals surface area contributed by atoms with Gasteiger partial charge in [-0.2, -0.15) is 20.1 Å². The molecule has 0 aliphatic carbocycles. The van der Waals surface area contributed by atoms with Crippen LogP contribution in [0.1, 0.15) is 18.2 Å². The van der Waals surface area contributed by atoms with Crippen LogP contribution in [0.4, 0.5) is 11.9 Å². The van der Waals surface area contributed by atoms with Crippen LogP contribution in [0.3, 0.4) is 0 Å². The third kappa shape index (κ3) is 3.31. The summed E-state index contributed by atoms with van der Waals surface area (Å²) in [6.07, 6.45) is 1.82. The van der Waals surface area contributed by atoms with E-state index in [0.29, 0.717) is 18.4 Å². The van der Waals surface area contributed by atoms with Crippen molar-refractivity contribution in [1.82, 2.24) is 24.7 Å². The molecule has 8 heteroatoms. The summed E-state index contributed by atoms with van der Waals surface area (Å²) in [4.78, 5) is 12.2. The van der Waals surface area contributed by atoms with Gasteiger partial charge in [-0.05, 0) is 25.4 Å². The number of nitrogens with zero attached hydrogens (tertiary/aromatic N) is 5. The van der Waals surface area contributed by atoms with Crippen molar-refractivity contribution >= 4 is 23.5 Å². The van der Waals surface area contributed by atoms with Crippen LogP contribution in [0.25, 0.3) is 0 Å².